The fourth-order valence-corrected chi connectivity index (χ4v) is 4.61. The topological polar surface area (TPSA) is 71.8 Å². The van der Waals surface area contributed by atoms with Crippen LogP contribution in [-0.2, 0) is 0 Å². The van der Waals surface area contributed by atoms with Crippen LogP contribution in [0, 0.1) is 6.92 Å². The average molecular weight is 410 g/mol. The molecule has 1 aliphatic heterocycles. The standard InChI is InChI=1S/C22H22N2O4S/c1-14-12-19(23-21(25)18-4-3-11-28-18)29-20(14)22(26)24-10-9-16(13-24)15-5-7-17(27-2)8-6-15/h3-8,11-12,16H,9-10,13H2,1-2H3,(H,23,25). The highest BCUT2D eigenvalue weighted by Gasteiger charge is 2.29. The number of aryl methyl sites for hydroxylation is 1. The number of ether oxygens (including phenoxy) is 1. The molecule has 1 atom stereocenters. The molecule has 1 fully saturated rings. The summed E-state index contributed by atoms with van der Waals surface area (Å²) in [6, 6.07) is 13.1. The second kappa shape index (κ2) is 8.13. The fourth-order valence-electron chi connectivity index (χ4n) is 3.57. The maximum absolute atomic E-state index is 13.1. The number of likely N-dealkylation sites (tertiary alicyclic amines) is 1. The van der Waals surface area contributed by atoms with Gasteiger partial charge >= 0.3 is 0 Å². The van der Waals surface area contributed by atoms with Gasteiger partial charge in [-0.05, 0) is 54.8 Å². The second-order valence-electron chi connectivity index (χ2n) is 7.06. The second-order valence-corrected chi connectivity index (χ2v) is 8.12. The summed E-state index contributed by atoms with van der Waals surface area (Å²) in [6.07, 6.45) is 2.39. The van der Waals surface area contributed by atoms with Crippen molar-refractivity contribution in [2.24, 2.45) is 0 Å². The smallest absolute Gasteiger partial charge is 0.291 e. The van der Waals surface area contributed by atoms with Crippen LogP contribution in [0.2, 0.25) is 0 Å². The summed E-state index contributed by atoms with van der Waals surface area (Å²) in [4.78, 5) is 27.8. The van der Waals surface area contributed by atoms with Crippen molar-refractivity contribution in [3.63, 3.8) is 0 Å². The molecule has 0 saturated carbocycles. The van der Waals surface area contributed by atoms with Gasteiger partial charge in [-0.15, -0.1) is 11.3 Å². The SMILES string of the molecule is COc1ccc(C2CCN(C(=O)c3sc(NC(=O)c4ccco4)cc3C)C2)cc1. The number of thiophene rings is 1. The van der Waals surface area contributed by atoms with Gasteiger partial charge in [-0.2, -0.15) is 0 Å². The van der Waals surface area contributed by atoms with Gasteiger partial charge in [0.25, 0.3) is 11.8 Å². The van der Waals surface area contributed by atoms with Crippen molar-refractivity contribution in [2.45, 2.75) is 19.3 Å². The van der Waals surface area contributed by atoms with Crippen LogP contribution in [-0.4, -0.2) is 36.9 Å². The van der Waals surface area contributed by atoms with Crippen molar-refractivity contribution in [1.82, 2.24) is 4.90 Å². The van der Waals surface area contributed by atoms with Gasteiger partial charge in [-0.25, -0.2) is 0 Å². The van der Waals surface area contributed by atoms with E-state index in [9.17, 15) is 9.59 Å². The molecule has 0 bridgehead atoms. The summed E-state index contributed by atoms with van der Waals surface area (Å²) in [6.45, 7) is 3.31. The zero-order valence-electron chi connectivity index (χ0n) is 16.3. The number of rotatable bonds is 5. The molecule has 1 aromatic carbocycles. The van der Waals surface area contributed by atoms with Gasteiger partial charge in [-0.1, -0.05) is 12.1 Å². The van der Waals surface area contributed by atoms with E-state index in [-0.39, 0.29) is 17.6 Å². The largest absolute Gasteiger partial charge is 0.497 e. The summed E-state index contributed by atoms with van der Waals surface area (Å²) in [5.74, 6) is 1.09. The van der Waals surface area contributed by atoms with Crippen molar-refractivity contribution in [1.29, 1.82) is 0 Å². The molecule has 0 radical (unpaired) electrons. The lowest BCUT2D eigenvalue weighted by molar-refractivity contribution is 0.0794. The van der Waals surface area contributed by atoms with Gasteiger partial charge in [0, 0.05) is 19.0 Å². The van der Waals surface area contributed by atoms with Gasteiger partial charge in [0.05, 0.1) is 23.3 Å². The molecular weight excluding hydrogens is 388 g/mol. The number of nitrogens with one attached hydrogen (secondary N) is 1. The Morgan fingerprint density at radius 2 is 2.03 bits per heavy atom. The Hall–Kier alpha value is -3.06. The van der Waals surface area contributed by atoms with Gasteiger partial charge in [0.2, 0.25) is 0 Å². The number of nitrogens with zero attached hydrogens (tertiary/aromatic N) is 1. The Balaban J connectivity index is 1.43. The van der Waals surface area contributed by atoms with E-state index in [1.807, 2.05) is 30.0 Å². The van der Waals surface area contributed by atoms with E-state index in [2.05, 4.69) is 17.4 Å². The number of amides is 2. The summed E-state index contributed by atoms with van der Waals surface area (Å²) >= 11 is 1.30. The molecule has 4 rings (SSSR count). The lowest BCUT2D eigenvalue weighted by Gasteiger charge is -2.16. The molecule has 1 aliphatic rings. The molecule has 3 aromatic rings. The first-order valence-corrected chi connectivity index (χ1v) is 10.3. The average Bonchev–Trinajstić information content (AvgIpc) is 3.48. The van der Waals surface area contributed by atoms with Gasteiger partial charge in [0.15, 0.2) is 5.76 Å². The summed E-state index contributed by atoms with van der Waals surface area (Å²) in [7, 11) is 1.65. The number of methoxy groups -OCH3 is 1. The number of hydrogen-bond acceptors (Lipinski definition) is 5. The zero-order valence-corrected chi connectivity index (χ0v) is 17.1. The van der Waals surface area contributed by atoms with Crippen molar-refractivity contribution in [3.8, 4) is 5.75 Å². The number of anilines is 1. The summed E-state index contributed by atoms with van der Waals surface area (Å²) < 4.78 is 10.3. The third-order valence-electron chi connectivity index (χ3n) is 5.16. The maximum Gasteiger partial charge on any atom is 0.291 e. The Bertz CT molecular complexity index is 1010. The van der Waals surface area contributed by atoms with Crippen molar-refractivity contribution >= 4 is 28.2 Å². The maximum atomic E-state index is 13.1. The van der Waals surface area contributed by atoms with Crippen LogP contribution < -0.4 is 10.1 Å². The molecule has 3 heterocycles. The van der Waals surface area contributed by atoms with Crippen LogP contribution in [0.4, 0.5) is 5.00 Å². The minimum Gasteiger partial charge on any atom is -0.497 e. The Labute approximate surface area is 173 Å². The third-order valence-corrected chi connectivity index (χ3v) is 6.30. The van der Waals surface area contributed by atoms with E-state index >= 15 is 0 Å². The number of hydrogen-bond donors (Lipinski definition) is 1. The third kappa shape index (κ3) is 4.05. The monoisotopic (exact) mass is 410 g/mol. The van der Waals surface area contributed by atoms with Gasteiger partial charge < -0.3 is 19.4 Å². The number of carbonyl (C=O) groups excluding carboxylic acids is 2. The van der Waals surface area contributed by atoms with Crippen LogP contribution in [0.1, 0.15) is 43.7 Å². The van der Waals surface area contributed by atoms with E-state index < -0.39 is 0 Å². The van der Waals surface area contributed by atoms with Crippen molar-refractivity contribution < 1.29 is 18.7 Å². The highest BCUT2D eigenvalue weighted by Crippen LogP contribution is 2.33. The van der Waals surface area contributed by atoms with Crippen molar-refractivity contribution in [2.75, 3.05) is 25.5 Å². The minimum atomic E-state index is -0.323. The lowest BCUT2D eigenvalue weighted by Crippen LogP contribution is -2.28. The van der Waals surface area contributed by atoms with E-state index in [1.54, 1.807) is 19.2 Å². The molecule has 6 nitrogen and oxygen atoms in total. The predicted octanol–water partition coefficient (Wildman–Crippen LogP) is 4.54. The highest BCUT2D eigenvalue weighted by atomic mass is 32.1. The fraction of sp³-hybridized carbons (Fsp3) is 0.273. The van der Waals surface area contributed by atoms with E-state index in [4.69, 9.17) is 9.15 Å². The van der Waals surface area contributed by atoms with Crippen LogP contribution in [0.15, 0.2) is 53.1 Å². The molecule has 2 aromatic heterocycles. The number of benzene rings is 1. The highest BCUT2D eigenvalue weighted by molar-refractivity contribution is 7.18. The molecule has 2 amide bonds. The van der Waals surface area contributed by atoms with Crippen LogP contribution in [0.25, 0.3) is 0 Å². The first kappa shape index (κ1) is 19.3. The van der Waals surface area contributed by atoms with E-state index in [0.29, 0.717) is 22.3 Å². The molecule has 0 aliphatic carbocycles. The molecule has 1 N–H and O–H groups in total. The quantitative estimate of drug-likeness (QED) is 0.670. The molecule has 150 valence electrons. The summed E-state index contributed by atoms with van der Waals surface area (Å²) in [5.41, 5.74) is 2.08. The molecule has 7 heteroatoms. The van der Waals surface area contributed by atoms with Crippen LogP contribution in [0.5, 0.6) is 5.75 Å². The Morgan fingerprint density at radius 1 is 1.24 bits per heavy atom. The zero-order chi connectivity index (χ0) is 20.4. The first-order valence-electron chi connectivity index (χ1n) is 9.43. The van der Waals surface area contributed by atoms with Gasteiger partial charge in [0.1, 0.15) is 5.75 Å². The van der Waals surface area contributed by atoms with Crippen molar-refractivity contribution in [3.05, 3.63) is 70.5 Å². The molecule has 29 heavy (non-hydrogen) atoms. The number of carbonyl (C=O) groups is 2. The Kier molecular flexibility index (Phi) is 5.40. The molecule has 0 spiro atoms. The first-order chi connectivity index (χ1) is 14.0. The normalized spacial score (nSPS) is 16.1. The van der Waals surface area contributed by atoms with Crippen LogP contribution in [0.3, 0.4) is 0 Å². The molecule has 1 unspecified atom stereocenters. The lowest BCUT2D eigenvalue weighted by atomic mass is 9.98. The van der Waals surface area contributed by atoms with Gasteiger partial charge in [-0.3, -0.25) is 9.59 Å². The minimum absolute atomic E-state index is 0.0157. The Morgan fingerprint density at radius 3 is 2.72 bits per heavy atom. The summed E-state index contributed by atoms with van der Waals surface area (Å²) in [5, 5.41) is 3.44. The predicted molar refractivity (Wildman–Crippen MR) is 112 cm³/mol. The van der Waals surface area contributed by atoms with Crippen LogP contribution >= 0.6 is 11.3 Å². The number of furan rings is 1. The van der Waals surface area contributed by atoms with E-state index in [0.717, 1.165) is 24.3 Å². The molecular formula is C22H22N2O4S. The van der Waals surface area contributed by atoms with E-state index in [1.165, 1.54) is 23.2 Å². The molecule has 1 saturated heterocycles.